The summed E-state index contributed by atoms with van der Waals surface area (Å²) < 4.78 is 24.4. The lowest BCUT2D eigenvalue weighted by atomic mass is 10.3. The molecule has 102 valence electrons. The van der Waals surface area contributed by atoms with Crippen LogP contribution in [0.2, 0.25) is 0 Å². The monoisotopic (exact) mass is 295 g/mol. The summed E-state index contributed by atoms with van der Waals surface area (Å²) in [6, 6.07) is 9.12. The van der Waals surface area contributed by atoms with Crippen LogP contribution in [0.4, 0.5) is 5.69 Å². The van der Waals surface area contributed by atoms with Crippen LogP contribution < -0.4 is 5.32 Å². The average Bonchev–Trinajstić information content (AvgIpc) is 2.90. The predicted octanol–water partition coefficient (Wildman–Crippen LogP) is 3.54. The highest BCUT2D eigenvalue weighted by Crippen LogP contribution is 2.23. The molecule has 0 fully saturated rings. The molecule has 1 aromatic heterocycles. The number of benzene rings is 1. The van der Waals surface area contributed by atoms with Gasteiger partial charge in [0.05, 0.1) is 16.3 Å². The van der Waals surface area contributed by atoms with Gasteiger partial charge >= 0.3 is 0 Å². The van der Waals surface area contributed by atoms with Crippen LogP contribution in [0, 0.1) is 0 Å². The molecule has 1 N–H and O–H groups in total. The second-order valence-corrected chi connectivity index (χ2v) is 7.16. The van der Waals surface area contributed by atoms with E-state index < -0.39 is 9.84 Å². The van der Waals surface area contributed by atoms with Crippen molar-refractivity contribution in [2.75, 3.05) is 11.1 Å². The van der Waals surface area contributed by atoms with Crippen LogP contribution in [0.25, 0.3) is 0 Å². The Hall–Kier alpha value is -1.33. The van der Waals surface area contributed by atoms with E-state index in [1.165, 1.54) is 0 Å². The normalized spacial score (nSPS) is 11.4. The summed E-state index contributed by atoms with van der Waals surface area (Å²) in [6.07, 6.45) is 0.626. The maximum absolute atomic E-state index is 12.2. The van der Waals surface area contributed by atoms with Crippen molar-refractivity contribution >= 4 is 26.9 Å². The van der Waals surface area contributed by atoms with Gasteiger partial charge in [-0.2, -0.15) is 11.3 Å². The molecule has 19 heavy (non-hydrogen) atoms. The van der Waals surface area contributed by atoms with Gasteiger partial charge in [-0.15, -0.1) is 0 Å². The van der Waals surface area contributed by atoms with Gasteiger partial charge in [-0.25, -0.2) is 8.42 Å². The van der Waals surface area contributed by atoms with Gasteiger partial charge in [0.15, 0.2) is 9.84 Å². The molecule has 0 unspecified atom stereocenters. The minimum atomic E-state index is -3.19. The van der Waals surface area contributed by atoms with Crippen molar-refractivity contribution in [3.8, 4) is 0 Å². The first-order valence-electron chi connectivity index (χ1n) is 6.20. The lowest BCUT2D eigenvalue weighted by molar-refractivity contribution is 0.595. The van der Waals surface area contributed by atoms with Gasteiger partial charge < -0.3 is 5.32 Å². The minimum Gasteiger partial charge on any atom is -0.380 e. The minimum absolute atomic E-state index is 0.185. The molecule has 1 heterocycles. The van der Waals surface area contributed by atoms with Gasteiger partial charge in [-0.05, 0) is 40.9 Å². The topological polar surface area (TPSA) is 46.2 Å². The van der Waals surface area contributed by atoms with Crippen molar-refractivity contribution in [2.24, 2.45) is 0 Å². The molecule has 5 heteroatoms. The molecule has 0 spiro atoms. The number of anilines is 1. The molecule has 0 aliphatic rings. The van der Waals surface area contributed by atoms with Gasteiger partial charge in [-0.1, -0.05) is 19.1 Å². The Kier molecular flexibility index (Phi) is 4.61. The van der Waals surface area contributed by atoms with Crippen LogP contribution >= 0.6 is 11.3 Å². The van der Waals surface area contributed by atoms with Crippen molar-refractivity contribution in [3.63, 3.8) is 0 Å². The Labute approximate surface area is 118 Å². The zero-order valence-corrected chi connectivity index (χ0v) is 12.4. The van der Waals surface area contributed by atoms with Crippen LogP contribution in [0.5, 0.6) is 0 Å². The summed E-state index contributed by atoms with van der Waals surface area (Å²) in [4.78, 5) is 0.395. The highest BCUT2D eigenvalue weighted by atomic mass is 32.2. The molecular weight excluding hydrogens is 278 g/mol. The second-order valence-electron chi connectivity index (χ2n) is 4.30. The molecule has 0 saturated carbocycles. The molecular formula is C14H17NO2S2. The van der Waals surface area contributed by atoms with Crippen LogP contribution in [-0.4, -0.2) is 14.2 Å². The molecule has 0 amide bonds. The van der Waals surface area contributed by atoms with E-state index in [1.54, 1.807) is 23.5 Å². The smallest absolute Gasteiger partial charge is 0.180 e. The van der Waals surface area contributed by atoms with E-state index >= 15 is 0 Å². The van der Waals surface area contributed by atoms with Gasteiger partial charge in [0.2, 0.25) is 0 Å². The molecule has 0 aliphatic carbocycles. The Morgan fingerprint density at radius 3 is 2.68 bits per heavy atom. The highest BCUT2D eigenvalue weighted by Gasteiger charge is 2.16. The third-order valence-corrected chi connectivity index (χ3v) is 5.46. The first-order chi connectivity index (χ1) is 9.13. The van der Waals surface area contributed by atoms with E-state index in [0.717, 1.165) is 5.56 Å². The second kappa shape index (κ2) is 6.21. The van der Waals surface area contributed by atoms with Crippen LogP contribution in [-0.2, 0) is 16.4 Å². The van der Waals surface area contributed by atoms with Crippen molar-refractivity contribution < 1.29 is 8.42 Å². The molecule has 3 nitrogen and oxygen atoms in total. The summed E-state index contributed by atoms with van der Waals surface area (Å²) in [7, 11) is -3.19. The number of nitrogens with one attached hydrogen (secondary N) is 1. The number of rotatable bonds is 6. The quantitative estimate of drug-likeness (QED) is 0.886. The van der Waals surface area contributed by atoms with Gasteiger partial charge in [0.1, 0.15) is 0 Å². The molecule has 0 saturated heterocycles. The average molecular weight is 295 g/mol. The first-order valence-corrected chi connectivity index (χ1v) is 8.79. The molecule has 0 radical (unpaired) electrons. The zero-order valence-electron chi connectivity index (χ0n) is 10.8. The number of thiophene rings is 1. The standard InChI is InChI=1S/C14H17NO2S2/c1-2-9-19(16,17)14-6-4-3-5-13(14)15-10-12-7-8-18-11-12/h3-8,11,15H,2,9-10H2,1H3. The fraction of sp³-hybridized carbons (Fsp3) is 0.286. The van der Waals surface area contributed by atoms with Crippen molar-refractivity contribution in [2.45, 2.75) is 24.8 Å². The Balaban J connectivity index is 2.21. The van der Waals surface area contributed by atoms with E-state index in [1.807, 2.05) is 30.5 Å². The van der Waals surface area contributed by atoms with Gasteiger partial charge in [0.25, 0.3) is 0 Å². The third kappa shape index (κ3) is 3.58. The Morgan fingerprint density at radius 2 is 2.00 bits per heavy atom. The summed E-state index contributed by atoms with van der Waals surface area (Å²) in [5, 5.41) is 7.27. The zero-order chi connectivity index (χ0) is 13.7. The van der Waals surface area contributed by atoms with E-state index in [2.05, 4.69) is 10.7 Å². The SMILES string of the molecule is CCCS(=O)(=O)c1ccccc1NCc1ccsc1. The van der Waals surface area contributed by atoms with E-state index in [-0.39, 0.29) is 5.75 Å². The van der Waals surface area contributed by atoms with Gasteiger partial charge in [0, 0.05) is 6.54 Å². The maximum atomic E-state index is 12.2. The summed E-state index contributed by atoms with van der Waals surface area (Å²) in [5.74, 6) is 0.185. The first kappa shape index (κ1) is 14.1. The molecule has 1 aromatic carbocycles. The number of hydrogen-bond acceptors (Lipinski definition) is 4. The van der Waals surface area contributed by atoms with Crippen LogP contribution in [0.1, 0.15) is 18.9 Å². The predicted molar refractivity (Wildman–Crippen MR) is 80.4 cm³/mol. The van der Waals surface area contributed by atoms with Crippen LogP contribution in [0.3, 0.4) is 0 Å². The molecule has 2 aromatic rings. The molecule has 0 aliphatic heterocycles. The lowest BCUT2D eigenvalue weighted by Crippen LogP contribution is -2.10. The van der Waals surface area contributed by atoms with E-state index in [0.29, 0.717) is 23.5 Å². The molecule has 0 atom stereocenters. The highest BCUT2D eigenvalue weighted by molar-refractivity contribution is 7.91. The van der Waals surface area contributed by atoms with E-state index in [9.17, 15) is 8.42 Å². The summed E-state index contributed by atoms with van der Waals surface area (Å²) in [5.41, 5.74) is 1.84. The Morgan fingerprint density at radius 1 is 1.21 bits per heavy atom. The fourth-order valence-corrected chi connectivity index (χ4v) is 4.04. The van der Waals surface area contributed by atoms with Crippen molar-refractivity contribution in [3.05, 3.63) is 46.7 Å². The number of sulfone groups is 1. The summed E-state index contributed by atoms with van der Waals surface area (Å²) in [6.45, 7) is 2.51. The largest absolute Gasteiger partial charge is 0.380 e. The lowest BCUT2D eigenvalue weighted by Gasteiger charge is -2.11. The fourth-order valence-electron chi connectivity index (χ4n) is 1.85. The van der Waals surface area contributed by atoms with Crippen molar-refractivity contribution in [1.82, 2.24) is 0 Å². The molecule has 2 rings (SSSR count). The molecule has 0 bridgehead atoms. The van der Waals surface area contributed by atoms with Crippen LogP contribution in [0.15, 0.2) is 46.0 Å². The number of hydrogen-bond donors (Lipinski definition) is 1. The maximum Gasteiger partial charge on any atom is 0.180 e. The summed E-state index contributed by atoms with van der Waals surface area (Å²) >= 11 is 1.63. The van der Waals surface area contributed by atoms with E-state index in [4.69, 9.17) is 0 Å². The van der Waals surface area contributed by atoms with Crippen molar-refractivity contribution in [1.29, 1.82) is 0 Å². The Bertz CT molecular complexity index is 619. The third-order valence-electron chi connectivity index (χ3n) is 2.76. The van der Waals surface area contributed by atoms with Gasteiger partial charge in [-0.3, -0.25) is 0 Å². The number of para-hydroxylation sites is 1.